The summed E-state index contributed by atoms with van der Waals surface area (Å²) in [5.74, 6) is 0.474. The standard InChI is InChI=1S/C16H18BrNO2/c1-11-5-6-14-12(9-11)10-15(20-14)16(19)18(8-7-17)13-3-2-4-13/h5-6,9-10,13H,2-4,7-8H2,1H3. The fourth-order valence-electron chi connectivity index (χ4n) is 2.65. The molecule has 2 aromatic rings. The Hall–Kier alpha value is -1.29. The van der Waals surface area contributed by atoms with Crippen molar-refractivity contribution >= 4 is 32.8 Å². The molecule has 1 fully saturated rings. The first-order valence-corrected chi connectivity index (χ1v) is 8.18. The van der Waals surface area contributed by atoms with Crippen molar-refractivity contribution < 1.29 is 9.21 Å². The molecule has 3 nitrogen and oxygen atoms in total. The van der Waals surface area contributed by atoms with Gasteiger partial charge in [-0.25, -0.2) is 0 Å². The molecule has 1 aromatic carbocycles. The first-order chi connectivity index (χ1) is 9.69. The lowest BCUT2D eigenvalue weighted by Gasteiger charge is -2.36. The molecule has 4 heteroatoms. The molecule has 0 saturated heterocycles. The summed E-state index contributed by atoms with van der Waals surface area (Å²) in [6, 6.07) is 8.23. The van der Waals surface area contributed by atoms with E-state index in [4.69, 9.17) is 4.42 Å². The average Bonchev–Trinajstić information content (AvgIpc) is 2.78. The Kier molecular flexibility index (Phi) is 3.83. The predicted molar refractivity (Wildman–Crippen MR) is 83.4 cm³/mol. The van der Waals surface area contributed by atoms with E-state index in [1.54, 1.807) is 0 Å². The predicted octanol–water partition coefficient (Wildman–Crippen LogP) is 4.13. The number of rotatable bonds is 4. The van der Waals surface area contributed by atoms with E-state index in [-0.39, 0.29) is 5.91 Å². The molecule has 0 atom stereocenters. The summed E-state index contributed by atoms with van der Waals surface area (Å²) in [5, 5.41) is 1.80. The van der Waals surface area contributed by atoms with Crippen LogP contribution >= 0.6 is 15.9 Å². The third-order valence-electron chi connectivity index (χ3n) is 3.98. The third-order valence-corrected chi connectivity index (χ3v) is 4.34. The summed E-state index contributed by atoms with van der Waals surface area (Å²) in [6.45, 7) is 2.78. The largest absolute Gasteiger partial charge is 0.451 e. The number of carbonyl (C=O) groups is 1. The first-order valence-electron chi connectivity index (χ1n) is 7.06. The number of fused-ring (bicyclic) bond motifs is 1. The van der Waals surface area contributed by atoms with Gasteiger partial charge in [0, 0.05) is 23.3 Å². The maximum atomic E-state index is 12.6. The third kappa shape index (κ3) is 2.49. The van der Waals surface area contributed by atoms with Gasteiger partial charge in [0.25, 0.3) is 5.91 Å². The maximum Gasteiger partial charge on any atom is 0.289 e. The zero-order valence-electron chi connectivity index (χ0n) is 11.6. The molecule has 1 saturated carbocycles. The minimum Gasteiger partial charge on any atom is -0.451 e. The maximum absolute atomic E-state index is 12.6. The van der Waals surface area contributed by atoms with E-state index in [9.17, 15) is 4.79 Å². The molecule has 1 amide bonds. The van der Waals surface area contributed by atoms with Gasteiger partial charge in [-0.2, -0.15) is 0 Å². The zero-order valence-corrected chi connectivity index (χ0v) is 13.1. The van der Waals surface area contributed by atoms with Crippen molar-refractivity contribution in [2.45, 2.75) is 32.2 Å². The van der Waals surface area contributed by atoms with Gasteiger partial charge in [-0.3, -0.25) is 4.79 Å². The molecule has 106 valence electrons. The Morgan fingerprint density at radius 2 is 2.20 bits per heavy atom. The Morgan fingerprint density at radius 1 is 1.40 bits per heavy atom. The summed E-state index contributed by atoms with van der Waals surface area (Å²) in [4.78, 5) is 14.6. The van der Waals surface area contributed by atoms with Crippen LogP contribution in [0.5, 0.6) is 0 Å². The summed E-state index contributed by atoms with van der Waals surface area (Å²) >= 11 is 3.43. The average molecular weight is 336 g/mol. The number of carbonyl (C=O) groups excluding carboxylic acids is 1. The van der Waals surface area contributed by atoms with Gasteiger partial charge >= 0.3 is 0 Å². The number of aryl methyl sites for hydroxylation is 1. The van der Waals surface area contributed by atoms with Crippen LogP contribution in [-0.2, 0) is 0 Å². The Bertz CT molecular complexity index is 630. The smallest absolute Gasteiger partial charge is 0.289 e. The van der Waals surface area contributed by atoms with E-state index < -0.39 is 0 Å². The van der Waals surface area contributed by atoms with Crippen LogP contribution in [-0.4, -0.2) is 28.7 Å². The minimum absolute atomic E-state index is 0.0167. The van der Waals surface area contributed by atoms with Crippen LogP contribution in [0, 0.1) is 6.92 Å². The van der Waals surface area contributed by atoms with Gasteiger partial charge in [0.05, 0.1) is 0 Å². The van der Waals surface area contributed by atoms with Crippen molar-refractivity contribution in [1.29, 1.82) is 0 Å². The van der Waals surface area contributed by atoms with Crippen molar-refractivity contribution in [3.05, 3.63) is 35.6 Å². The molecule has 0 spiro atoms. The van der Waals surface area contributed by atoms with Crippen LogP contribution in [0.4, 0.5) is 0 Å². The minimum atomic E-state index is 0.0167. The number of benzene rings is 1. The van der Waals surface area contributed by atoms with E-state index in [1.165, 1.54) is 12.0 Å². The molecular weight excluding hydrogens is 318 g/mol. The number of amides is 1. The van der Waals surface area contributed by atoms with Gasteiger partial charge in [0.2, 0.25) is 0 Å². The number of furan rings is 1. The van der Waals surface area contributed by atoms with Crippen LogP contribution in [0.2, 0.25) is 0 Å². The number of alkyl halides is 1. The van der Waals surface area contributed by atoms with Crippen LogP contribution in [0.15, 0.2) is 28.7 Å². The molecule has 1 aliphatic rings. The zero-order chi connectivity index (χ0) is 14.1. The molecule has 0 bridgehead atoms. The number of hydrogen-bond acceptors (Lipinski definition) is 2. The normalized spacial score (nSPS) is 15.3. The van der Waals surface area contributed by atoms with Gasteiger partial charge in [0.15, 0.2) is 5.76 Å². The second kappa shape index (κ2) is 5.60. The van der Waals surface area contributed by atoms with Gasteiger partial charge in [-0.1, -0.05) is 27.6 Å². The number of hydrogen-bond donors (Lipinski definition) is 0. The van der Waals surface area contributed by atoms with E-state index in [0.29, 0.717) is 11.8 Å². The van der Waals surface area contributed by atoms with Crippen molar-refractivity contribution in [3.63, 3.8) is 0 Å². The van der Waals surface area contributed by atoms with Crippen molar-refractivity contribution in [2.75, 3.05) is 11.9 Å². The molecular formula is C16H18BrNO2. The molecule has 3 rings (SSSR count). The highest BCUT2D eigenvalue weighted by molar-refractivity contribution is 9.09. The second-order valence-electron chi connectivity index (χ2n) is 5.42. The van der Waals surface area contributed by atoms with Crippen LogP contribution < -0.4 is 0 Å². The van der Waals surface area contributed by atoms with Crippen molar-refractivity contribution in [3.8, 4) is 0 Å². The highest BCUT2D eigenvalue weighted by Crippen LogP contribution is 2.28. The Labute approximate surface area is 127 Å². The summed E-state index contributed by atoms with van der Waals surface area (Å²) in [7, 11) is 0. The lowest BCUT2D eigenvalue weighted by Crippen LogP contribution is -2.45. The summed E-state index contributed by atoms with van der Waals surface area (Å²) < 4.78 is 5.72. The highest BCUT2D eigenvalue weighted by Gasteiger charge is 2.30. The molecule has 1 heterocycles. The van der Waals surface area contributed by atoms with E-state index in [1.807, 2.05) is 36.1 Å². The molecule has 1 aliphatic carbocycles. The van der Waals surface area contributed by atoms with Gasteiger partial charge in [0.1, 0.15) is 5.58 Å². The Balaban J connectivity index is 1.89. The summed E-state index contributed by atoms with van der Waals surface area (Å²) in [5.41, 5.74) is 1.96. The molecule has 20 heavy (non-hydrogen) atoms. The topological polar surface area (TPSA) is 33.5 Å². The van der Waals surface area contributed by atoms with Crippen molar-refractivity contribution in [1.82, 2.24) is 4.90 Å². The fourth-order valence-corrected chi connectivity index (χ4v) is 3.03. The van der Waals surface area contributed by atoms with Crippen molar-refractivity contribution in [2.24, 2.45) is 0 Å². The van der Waals surface area contributed by atoms with E-state index >= 15 is 0 Å². The number of halogens is 1. The first kappa shape index (κ1) is 13.7. The molecule has 0 radical (unpaired) electrons. The molecule has 0 aliphatic heterocycles. The van der Waals surface area contributed by atoms with Crippen LogP contribution in [0.1, 0.15) is 35.4 Å². The molecule has 0 N–H and O–H groups in total. The Morgan fingerprint density at radius 3 is 2.85 bits per heavy atom. The molecule has 0 unspecified atom stereocenters. The van der Waals surface area contributed by atoms with Gasteiger partial charge in [-0.05, 0) is 44.4 Å². The number of nitrogens with zero attached hydrogens (tertiary/aromatic N) is 1. The second-order valence-corrected chi connectivity index (χ2v) is 6.22. The quantitative estimate of drug-likeness (QED) is 0.787. The summed E-state index contributed by atoms with van der Waals surface area (Å²) in [6.07, 6.45) is 3.44. The van der Waals surface area contributed by atoms with Crippen LogP contribution in [0.25, 0.3) is 11.0 Å². The monoisotopic (exact) mass is 335 g/mol. The van der Waals surface area contributed by atoms with Gasteiger partial charge < -0.3 is 9.32 Å². The fraction of sp³-hybridized carbons (Fsp3) is 0.438. The molecule has 1 aromatic heterocycles. The lowest BCUT2D eigenvalue weighted by atomic mass is 9.91. The van der Waals surface area contributed by atoms with E-state index in [2.05, 4.69) is 15.9 Å². The van der Waals surface area contributed by atoms with Crippen LogP contribution in [0.3, 0.4) is 0 Å². The lowest BCUT2D eigenvalue weighted by molar-refractivity contribution is 0.0570. The van der Waals surface area contributed by atoms with Gasteiger partial charge in [-0.15, -0.1) is 0 Å². The highest BCUT2D eigenvalue weighted by atomic mass is 79.9. The van der Waals surface area contributed by atoms with E-state index in [0.717, 1.165) is 35.7 Å². The SMILES string of the molecule is Cc1ccc2oc(C(=O)N(CCBr)C3CCC3)cc2c1.